The Labute approximate surface area is 145 Å². The number of halogens is 1. The molecule has 1 aromatic carbocycles. The Balaban J connectivity index is 2.31. The number of carbonyl (C=O) groups is 1. The summed E-state index contributed by atoms with van der Waals surface area (Å²) >= 11 is 7.24. The number of Topliss-reactive ketones (excluding diaryl/α,β-unsaturated/α-hetero) is 1. The quantitative estimate of drug-likeness (QED) is 0.548. The van der Waals surface area contributed by atoms with Crippen molar-refractivity contribution >= 4 is 38.7 Å². The first kappa shape index (κ1) is 17.9. The van der Waals surface area contributed by atoms with Crippen molar-refractivity contribution < 1.29 is 13.2 Å². The van der Waals surface area contributed by atoms with Gasteiger partial charge in [-0.05, 0) is 31.2 Å². The van der Waals surface area contributed by atoms with Crippen molar-refractivity contribution in [3.8, 4) is 0 Å². The predicted octanol–water partition coefficient (Wildman–Crippen LogP) is 3.98. The normalized spacial score (nSPS) is 11.6. The zero-order chi connectivity index (χ0) is 17.0. The van der Waals surface area contributed by atoms with E-state index in [1.165, 1.54) is 52.9 Å². The Bertz CT molecular complexity index is 810. The average molecular weight is 370 g/mol. The summed E-state index contributed by atoms with van der Waals surface area (Å²) in [6, 6.07) is 9.47. The second-order valence-corrected chi connectivity index (χ2v) is 8.61. The van der Waals surface area contributed by atoms with Crippen LogP contribution in [0.15, 0.2) is 53.9 Å². The van der Waals surface area contributed by atoms with Gasteiger partial charge in [-0.1, -0.05) is 29.8 Å². The van der Waals surface area contributed by atoms with Gasteiger partial charge >= 0.3 is 0 Å². The van der Waals surface area contributed by atoms with E-state index in [-0.39, 0.29) is 23.8 Å². The van der Waals surface area contributed by atoms with E-state index in [4.69, 9.17) is 11.6 Å². The van der Waals surface area contributed by atoms with Crippen LogP contribution in [-0.4, -0.2) is 25.1 Å². The highest BCUT2D eigenvalue weighted by molar-refractivity contribution is 7.89. The van der Waals surface area contributed by atoms with Gasteiger partial charge in [-0.15, -0.1) is 17.9 Å². The van der Waals surface area contributed by atoms with Crippen LogP contribution in [0.5, 0.6) is 0 Å². The molecule has 0 fully saturated rings. The van der Waals surface area contributed by atoms with Gasteiger partial charge in [0, 0.05) is 23.5 Å². The molecule has 0 aliphatic heterocycles. The van der Waals surface area contributed by atoms with Crippen molar-refractivity contribution in [3.63, 3.8) is 0 Å². The SMILES string of the molecule is C=CCN(Cc1ccc(Cl)s1)S(=O)(=O)c1ccc(C(C)=O)cc1. The maximum Gasteiger partial charge on any atom is 0.243 e. The maximum absolute atomic E-state index is 12.8. The van der Waals surface area contributed by atoms with Crippen LogP contribution in [0.2, 0.25) is 4.34 Å². The molecule has 122 valence electrons. The third-order valence-electron chi connectivity index (χ3n) is 3.19. The van der Waals surface area contributed by atoms with Crippen LogP contribution in [0.1, 0.15) is 22.2 Å². The summed E-state index contributed by atoms with van der Waals surface area (Å²) in [7, 11) is -3.68. The monoisotopic (exact) mass is 369 g/mol. The molecule has 0 aliphatic carbocycles. The van der Waals surface area contributed by atoms with Crippen molar-refractivity contribution in [2.45, 2.75) is 18.4 Å². The zero-order valence-corrected chi connectivity index (χ0v) is 14.9. The first-order valence-corrected chi connectivity index (χ1v) is 9.44. The van der Waals surface area contributed by atoms with E-state index in [0.29, 0.717) is 9.90 Å². The van der Waals surface area contributed by atoms with Crippen LogP contribution < -0.4 is 0 Å². The third-order valence-corrected chi connectivity index (χ3v) is 6.23. The van der Waals surface area contributed by atoms with E-state index in [1.54, 1.807) is 12.1 Å². The summed E-state index contributed by atoms with van der Waals surface area (Å²) < 4.78 is 27.5. The van der Waals surface area contributed by atoms with Crippen LogP contribution in [0.3, 0.4) is 0 Å². The fourth-order valence-electron chi connectivity index (χ4n) is 2.01. The van der Waals surface area contributed by atoms with E-state index in [1.807, 2.05) is 0 Å². The molecule has 7 heteroatoms. The average Bonchev–Trinajstić information content (AvgIpc) is 2.92. The van der Waals surface area contributed by atoms with Crippen molar-refractivity contribution in [1.29, 1.82) is 0 Å². The Morgan fingerprint density at radius 3 is 2.39 bits per heavy atom. The molecule has 2 rings (SSSR count). The summed E-state index contributed by atoms with van der Waals surface area (Å²) in [5.74, 6) is -0.106. The van der Waals surface area contributed by atoms with Gasteiger partial charge in [0.1, 0.15) is 0 Å². The Morgan fingerprint density at radius 2 is 1.91 bits per heavy atom. The van der Waals surface area contributed by atoms with E-state index in [2.05, 4.69) is 6.58 Å². The minimum atomic E-state index is -3.68. The van der Waals surface area contributed by atoms with Gasteiger partial charge in [-0.25, -0.2) is 8.42 Å². The fourth-order valence-corrected chi connectivity index (χ4v) is 4.59. The Morgan fingerprint density at radius 1 is 1.26 bits per heavy atom. The number of nitrogens with zero attached hydrogens (tertiary/aromatic N) is 1. The molecule has 0 atom stereocenters. The maximum atomic E-state index is 12.8. The summed E-state index contributed by atoms with van der Waals surface area (Å²) in [6.07, 6.45) is 1.54. The van der Waals surface area contributed by atoms with Crippen molar-refractivity contribution in [2.24, 2.45) is 0 Å². The highest BCUT2D eigenvalue weighted by Gasteiger charge is 2.24. The number of carbonyl (C=O) groups excluding carboxylic acids is 1. The molecule has 0 aliphatic rings. The first-order chi connectivity index (χ1) is 10.8. The van der Waals surface area contributed by atoms with E-state index < -0.39 is 10.0 Å². The number of hydrogen-bond acceptors (Lipinski definition) is 4. The van der Waals surface area contributed by atoms with Gasteiger partial charge in [-0.2, -0.15) is 4.31 Å². The first-order valence-electron chi connectivity index (χ1n) is 6.81. The molecule has 0 bridgehead atoms. The standard InChI is InChI=1S/C16H16ClNO3S2/c1-3-10-18(11-14-6-9-16(17)22-14)23(20,21)15-7-4-13(5-8-15)12(2)19/h3-9H,1,10-11H2,2H3. The molecule has 0 saturated carbocycles. The van der Waals surface area contributed by atoms with E-state index >= 15 is 0 Å². The lowest BCUT2D eigenvalue weighted by molar-refractivity contribution is 0.101. The molecule has 23 heavy (non-hydrogen) atoms. The fraction of sp³-hybridized carbons (Fsp3) is 0.188. The summed E-state index contributed by atoms with van der Waals surface area (Å²) in [4.78, 5) is 12.3. The largest absolute Gasteiger partial charge is 0.295 e. The topological polar surface area (TPSA) is 54.5 Å². The minimum absolute atomic E-state index is 0.106. The van der Waals surface area contributed by atoms with Gasteiger partial charge in [0.05, 0.1) is 9.23 Å². The van der Waals surface area contributed by atoms with Crippen LogP contribution in [0, 0.1) is 0 Å². The summed E-state index contributed by atoms with van der Waals surface area (Å²) in [5, 5.41) is 0. The van der Waals surface area contributed by atoms with E-state index in [9.17, 15) is 13.2 Å². The third kappa shape index (κ3) is 4.29. The summed E-state index contributed by atoms with van der Waals surface area (Å²) in [6.45, 7) is 5.47. The van der Waals surface area contributed by atoms with Gasteiger partial charge < -0.3 is 0 Å². The highest BCUT2D eigenvalue weighted by Crippen LogP contribution is 2.25. The molecule has 0 radical (unpaired) electrons. The van der Waals surface area contributed by atoms with Gasteiger partial charge in [0.15, 0.2) is 5.78 Å². The molecular weight excluding hydrogens is 354 g/mol. The molecule has 0 amide bonds. The highest BCUT2D eigenvalue weighted by atomic mass is 35.5. The number of thiophene rings is 1. The number of benzene rings is 1. The number of hydrogen-bond donors (Lipinski definition) is 0. The van der Waals surface area contributed by atoms with Gasteiger partial charge in [0.2, 0.25) is 10.0 Å². The minimum Gasteiger partial charge on any atom is -0.295 e. The van der Waals surface area contributed by atoms with Crippen LogP contribution in [0.25, 0.3) is 0 Å². The molecule has 2 aromatic rings. The lowest BCUT2D eigenvalue weighted by Gasteiger charge is -2.20. The van der Waals surface area contributed by atoms with E-state index in [0.717, 1.165) is 4.88 Å². The smallest absolute Gasteiger partial charge is 0.243 e. The molecule has 0 saturated heterocycles. The second-order valence-electron chi connectivity index (χ2n) is 4.87. The van der Waals surface area contributed by atoms with Crippen LogP contribution in [0.4, 0.5) is 0 Å². The second kappa shape index (κ2) is 7.40. The molecule has 1 heterocycles. The van der Waals surface area contributed by atoms with Crippen LogP contribution >= 0.6 is 22.9 Å². The number of ketones is 1. The lowest BCUT2D eigenvalue weighted by Crippen LogP contribution is -2.30. The van der Waals surface area contributed by atoms with Crippen molar-refractivity contribution in [3.05, 3.63) is 63.8 Å². The molecule has 0 unspecified atom stereocenters. The van der Waals surface area contributed by atoms with Crippen molar-refractivity contribution in [2.75, 3.05) is 6.54 Å². The molecule has 1 aromatic heterocycles. The molecule has 4 nitrogen and oxygen atoms in total. The van der Waals surface area contributed by atoms with Crippen molar-refractivity contribution in [1.82, 2.24) is 4.31 Å². The lowest BCUT2D eigenvalue weighted by atomic mass is 10.2. The number of rotatable bonds is 7. The molecular formula is C16H16ClNO3S2. The molecule has 0 N–H and O–H groups in total. The zero-order valence-electron chi connectivity index (χ0n) is 12.5. The van der Waals surface area contributed by atoms with Gasteiger partial charge in [0.25, 0.3) is 0 Å². The van der Waals surface area contributed by atoms with Crippen LogP contribution in [-0.2, 0) is 16.6 Å². The molecule has 0 spiro atoms. The Hall–Kier alpha value is -1.47. The Kier molecular flexibility index (Phi) is 5.75. The summed E-state index contributed by atoms with van der Waals surface area (Å²) in [5.41, 5.74) is 0.476. The predicted molar refractivity (Wildman–Crippen MR) is 93.6 cm³/mol. The number of sulfonamides is 1. The van der Waals surface area contributed by atoms with Gasteiger partial charge in [-0.3, -0.25) is 4.79 Å².